The number of hydrogen-bond donors (Lipinski definition) is 2. The van der Waals surface area contributed by atoms with Crippen LogP contribution in [0.15, 0.2) is 22.7 Å². The van der Waals surface area contributed by atoms with Crippen molar-refractivity contribution in [2.24, 2.45) is 11.8 Å². The van der Waals surface area contributed by atoms with E-state index in [1.54, 1.807) is 16.7 Å². The van der Waals surface area contributed by atoms with E-state index in [-0.39, 0.29) is 37.3 Å². The van der Waals surface area contributed by atoms with Crippen molar-refractivity contribution >= 4 is 39.6 Å². The molecule has 11 heteroatoms. The van der Waals surface area contributed by atoms with Gasteiger partial charge in [0.05, 0.1) is 12.5 Å². The molecule has 5 bridgehead atoms. The predicted octanol–water partition coefficient (Wildman–Crippen LogP) is 2.44. The second-order valence-electron chi connectivity index (χ2n) is 12.2. The van der Waals surface area contributed by atoms with Crippen LogP contribution in [-0.2, 0) is 28.7 Å². The van der Waals surface area contributed by atoms with E-state index >= 15 is 0 Å². The molecule has 0 saturated carbocycles. The van der Waals surface area contributed by atoms with Gasteiger partial charge in [0, 0.05) is 36.1 Å². The number of amides is 3. The van der Waals surface area contributed by atoms with Gasteiger partial charge in [0.1, 0.15) is 29.8 Å². The summed E-state index contributed by atoms with van der Waals surface area (Å²) in [5.41, 5.74) is -1.87. The van der Waals surface area contributed by atoms with E-state index in [9.17, 15) is 19.2 Å². The molecule has 222 valence electrons. The summed E-state index contributed by atoms with van der Waals surface area (Å²) in [4.78, 5) is 57.8. The molecule has 0 radical (unpaired) electrons. The highest BCUT2D eigenvalue weighted by molar-refractivity contribution is 9.11. The van der Waals surface area contributed by atoms with Gasteiger partial charge in [-0.1, -0.05) is 40.9 Å². The normalized spacial score (nSPS) is 34.0. The Morgan fingerprint density at radius 1 is 1.10 bits per heavy atom. The number of aliphatic hydroxyl groups excluding tert-OH is 1. The Balaban J connectivity index is 1.75. The maximum atomic E-state index is 14.5. The zero-order chi connectivity index (χ0) is 29.2. The summed E-state index contributed by atoms with van der Waals surface area (Å²) in [6.45, 7) is 8.45. The third-order valence-electron chi connectivity index (χ3n) is 8.21. The van der Waals surface area contributed by atoms with Gasteiger partial charge >= 0.3 is 5.97 Å². The molecule has 2 N–H and O–H groups in total. The van der Waals surface area contributed by atoms with Gasteiger partial charge in [-0.3, -0.25) is 19.2 Å². The van der Waals surface area contributed by atoms with Crippen LogP contribution in [0.2, 0.25) is 0 Å². The molecule has 4 aliphatic rings. The average molecular weight is 625 g/mol. The minimum atomic E-state index is -1.30. The van der Waals surface area contributed by atoms with Crippen molar-refractivity contribution in [3.8, 4) is 0 Å². The molecule has 0 unspecified atom stereocenters. The van der Waals surface area contributed by atoms with Crippen LogP contribution in [0.5, 0.6) is 0 Å². The lowest BCUT2D eigenvalue weighted by Gasteiger charge is -2.41. The summed E-state index contributed by atoms with van der Waals surface area (Å²) < 4.78 is 12.9. The van der Waals surface area contributed by atoms with Crippen LogP contribution in [0, 0.1) is 11.8 Å². The number of nitrogens with one attached hydrogen (secondary N) is 1. The number of hydrogen-bond acceptors (Lipinski definition) is 7. The van der Waals surface area contributed by atoms with E-state index in [0.717, 1.165) is 12.8 Å². The van der Waals surface area contributed by atoms with E-state index < -0.39 is 47.2 Å². The Labute approximate surface area is 244 Å². The number of likely N-dealkylation sites (tertiary alicyclic amines) is 1. The first-order valence-electron chi connectivity index (χ1n) is 14.3. The molecule has 6 atom stereocenters. The highest BCUT2D eigenvalue weighted by atomic mass is 79.9. The van der Waals surface area contributed by atoms with Crippen molar-refractivity contribution in [3.05, 3.63) is 22.7 Å². The monoisotopic (exact) mass is 623 g/mol. The topological polar surface area (TPSA) is 125 Å². The SMILES string of the molecule is C[C@H]1CNC(=O)CC/C=C\CN(C(C)(C)C)C(=O)[C@H]2N(CCCCCCO)C(=O)[C@@H]3[C@@H](C(=O)O1)[C@@H]1O[C@@]32C=C1Br. The molecule has 1 spiro atoms. The highest BCUT2D eigenvalue weighted by Crippen LogP contribution is 2.59. The standard InChI is InChI=1S/C29H42BrN3O7/c1-18-17-31-20(35)12-8-7-10-14-33(28(2,3)4)26(37)24-29-16-19(30)23(40-29)21(27(38)39-18)22(29)25(36)32(24)13-9-5-6-11-15-34/h7,10,16,18,21-24,34H,5-6,8-9,11-15,17H2,1-4H3,(H,31,35)/b10-7-/t18-,21+,22-,23+,24+,29-/m0/s1. The molecule has 3 amide bonds. The number of carbonyl (C=O) groups excluding carboxylic acids is 4. The third-order valence-corrected chi connectivity index (χ3v) is 8.89. The minimum absolute atomic E-state index is 0.114. The molecule has 4 aliphatic heterocycles. The van der Waals surface area contributed by atoms with Crippen LogP contribution in [0.4, 0.5) is 0 Å². The molecule has 4 heterocycles. The number of cyclic esters (lactones) is 1. The van der Waals surface area contributed by atoms with E-state index in [1.807, 2.05) is 39.0 Å². The summed E-state index contributed by atoms with van der Waals surface area (Å²) in [6.07, 6.45) is 7.99. The summed E-state index contributed by atoms with van der Waals surface area (Å²) >= 11 is 3.56. The fourth-order valence-electron chi connectivity index (χ4n) is 6.27. The maximum Gasteiger partial charge on any atom is 0.313 e. The molecule has 2 saturated heterocycles. The molecule has 10 nitrogen and oxygen atoms in total. The lowest BCUT2D eigenvalue weighted by atomic mass is 9.74. The second kappa shape index (κ2) is 12.3. The number of carbonyl (C=O) groups is 4. The molecular weight excluding hydrogens is 582 g/mol. The summed E-state index contributed by atoms with van der Waals surface area (Å²) in [5.74, 6) is -3.08. The molecule has 0 aromatic rings. The van der Waals surface area contributed by atoms with Crippen LogP contribution in [0.25, 0.3) is 0 Å². The molecule has 0 aromatic heterocycles. The van der Waals surface area contributed by atoms with Crippen LogP contribution in [0.3, 0.4) is 0 Å². The number of rotatable bonds is 6. The van der Waals surface area contributed by atoms with Crippen LogP contribution >= 0.6 is 15.9 Å². The van der Waals surface area contributed by atoms with E-state index in [0.29, 0.717) is 36.8 Å². The molecule has 0 aliphatic carbocycles. The Kier molecular flexibility index (Phi) is 9.46. The van der Waals surface area contributed by atoms with Crippen molar-refractivity contribution in [3.63, 3.8) is 0 Å². The van der Waals surface area contributed by atoms with Crippen LogP contribution in [0.1, 0.15) is 66.2 Å². The first-order valence-corrected chi connectivity index (χ1v) is 15.1. The molecule has 4 rings (SSSR count). The Morgan fingerprint density at radius 2 is 1.82 bits per heavy atom. The Hall–Kier alpha value is -2.24. The number of ether oxygens (including phenoxy) is 2. The molecule has 40 heavy (non-hydrogen) atoms. The lowest BCUT2D eigenvalue weighted by Crippen LogP contribution is -2.59. The second-order valence-corrected chi connectivity index (χ2v) is 13.1. The summed E-state index contributed by atoms with van der Waals surface area (Å²) in [7, 11) is 0. The smallest absolute Gasteiger partial charge is 0.313 e. The summed E-state index contributed by atoms with van der Waals surface area (Å²) in [5, 5.41) is 11.9. The predicted molar refractivity (Wildman–Crippen MR) is 151 cm³/mol. The Morgan fingerprint density at radius 3 is 2.52 bits per heavy atom. The molecule has 0 aromatic carbocycles. The number of aliphatic hydroxyl groups is 1. The number of nitrogens with zero attached hydrogens (tertiary/aromatic N) is 2. The Bertz CT molecular complexity index is 1070. The number of unbranched alkanes of at least 4 members (excludes halogenated alkanes) is 3. The minimum Gasteiger partial charge on any atom is -0.460 e. The highest BCUT2D eigenvalue weighted by Gasteiger charge is 2.75. The number of esters is 1. The van der Waals surface area contributed by atoms with Gasteiger partial charge in [-0.15, -0.1) is 0 Å². The zero-order valence-electron chi connectivity index (χ0n) is 23.9. The van der Waals surface area contributed by atoms with E-state index in [4.69, 9.17) is 14.6 Å². The number of allylic oxidation sites excluding steroid dienone is 1. The first-order chi connectivity index (χ1) is 18.9. The molecule has 2 fully saturated rings. The van der Waals surface area contributed by atoms with Gasteiger partial charge in [0.2, 0.25) is 17.7 Å². The van der Waals surface area contributed by atoms with Gasteiger partial charge in [-0.2, -0.15) is 0 Å². The maximum absolute atomic E-state index is 14.5. The largest absolute Gasteiger partial charge is 0.460 e. The van der Waals surface area contributed by atoms with Gasteiger partial charge in [-0.25, -0.2) is 0 Å². The fourth-order valence-corrected chi connectivity index (χ4v) is 7.01. The van der Waals surface area contributed by atoms with E-state index in [2.05, 4.69) is 21.2 Å². The van der Waals surface area contributed by atoms with Crippen molar-refractivity contribution in [2.75, 3.05) is 26.2 Å². The van der Waals surface area contributed by atoms with Crippen molar-refractivity contribution in [2.45, 2.75) is 95.6 Å². The van der Waals surface area contributed by atoms with Crippen molar-refractivity contribution < 1.29 is 33.8 Å². The van der Waals surface area contributed by atoms with Gasteiger partial charge in [-0.05, 0) is 53.0 Å². The van der Waals surface area contributed by atoms with Gasteiger partial charge in [0.25, 0.3) is 0 Å². The quantitative estimate of drug-likeness (QED) is 0.264. The number of fused-ring (bicyclic) bond motifs is 2. The average Bonchev–Trinajstić information content (AvgIpc) is 3.46. The van der Waals surface area contributed by atoms with Gasteiger partial charge in [0.15, 0.2) is 0 Å². The van der Waals surface area contributed by atoms with Crippen LogP contribution < -0.4 is 5.32 Å². The van der Waals surface area contributed by atoms with E-state index in [1.165, 1.54) is 0 Å². The van der Waals surface area contributed by atoms with Crippen LogP contribution in [-0.4, -0.2) is 94.2 Å². The summed E-state index contributed by atoms with van der Waals surface area (Å²) in [6, 6.07) is -0.942. The third kappa shape index (κ3) is 5.87. The zero-order valence-corrected chi connectivity index (χ0v) is 25.4. The molecular formula is C29H42BrN3O7. The number of halogens is 1. The van der Waals surface area contributed by atoms with Crippen molar-refractivity contribution in [1.29, 1.82) is 0 Å². The fraction of sp³-hybridized carbons (Fsp3) is 0.724. The van der Waals surface area contributed by atoms with Crippen molar-refractivity contribution in [1.82, 2.24) is 15.1 Å². The van der Waals surface area contributed by atoms with Gasteiger partial charge < -0.3 is 29.7 Å². The lowest BCUT2D eigenvalue weighted by molar-refractivity contribution is -0.158. The first kappa shape index (κ1) is 30.7.